The highest BCUT2D eigenvalue weighted by molar-refractivity contribution is 7.47. The number of ether oxygens (including phenoxy) is 2. The zero-order chi connectivity index (χ0) is 44.3. The number of phosphoric ester groups is 1. The highest BCUT2D eigenvalue weighted by Crippen LogP contribution is 2.43. The van der Waals surface area contributed by atoms with Crippen molar-refractivity contribution in [3.05, 3.63) is 122 Å². The van der Waals surface area contributed by atoms with E-state index in [2.05, 4.69) is 123 Å². The van der Waals surface area contributed by atoms with Crippen molar-refractivity contribution in [2.24, 2.45) is 0 Å². The Morgan fingerprint density at radius 1 is 0.517 bits per heavy atom. The molecule has 0 bridgehead atoms. The summed E-state index contributed by atoms with van der Waals surface area (Å²) in [4.78, 5) is 35.4. The third-order valence-corrected chi connectivity index (χ3v) is 9.48. The Hall–Kier alpha value is -3.59. The van der Waals surface area contributed by atoms with Crippen LogP contribution in [0.4, 0.5) is 0 Å². The van der Waals surface area contributed by atoms with Crippen LogP contribution in [0.1, 0.15) is 129 Å². The smallest absolute Gasteiger partial charge is 0.462 e. The van der Waals surface area contributed by atoms with E-state index in [1.807, 2.05) is 33.3 Å². The lowest BCUT2D eigenvalue weighted by Gasteiger charge is -2.24. The van der Waals surface area contributed by atoms with Gasteiger partial charge in [-0.15, -0.1) is 0 Å². The molecule has 0 aliphatic heterocycles. The van der Waals surface area contributed by atoms with Crippen molar-refractivity contribution in [1.82, 2.24) is 0 Å². The molecule has 2 atom stereocenters. The van der Waals surface area contributed by atoms with Gasteiger partial charge >= 0.3 is 19.8 Å². The SMILES string of the molecule is CC/C=C\C/C=C\C/C=C\C/C=C\C/C=C\C/C=C\CCC(=O)OC[C@H](COP(=O)(O)OCC[N+](C)(C)C)OC(=O)CCCCCC/C=C\C/C=C\C/C=C\C/C=C\CC. The van der Waals surface area contributed by atoms with Crippen LogP contribution in [-0.2, 0) is 32.7 Å². The number of allylic oxidation sites excluding steroid dienone is 20. The van der Waals surface area contributed by atoms with Gasteiger partial charge in [-0.1, -0.05) is 148 Å². The van der Waals surface area contributed by atoms with Crippen LogP contribution in [0.3, 0.4) is 0 Å². The molecule has 10 heteroatoms. The number of nitrogens with zero attached hydrogens (tertiary/aromatic N) is 1. The first-order valence-corrected chi connectivity index (χ1v) is 23.8. The second-order valence-electron chi connectivity index (χ2n) is 15.3. The van der Waals surface area contributed by atoms with Crippen LogP contribution in [0.2, 0.25) is 0 Å². The number of unbranched alkanes of at least 4 members (excludes halogenated alkanes) is 4. The summed E-state index contributed by atoms with van der Waals surface area (Å²) >= 11 is 0. The molecule has 0 saturated carbocycles. The van der Waals surface area contributed by atoms with E-state index in [0.29, 0.717) is 23.9 Å². The molecule has 1 N–H and O–H groups in total. The van der Waals surface area contributed by atoms with Gasteiger partial charge < -0.3 is 18.9 Å². The molecule has 0 rings (SSSR count). The number of esters is 2. The van der Waals surface area contributed by atoms with Crippen LogP contribution >= 0.6 is 7.82 Å². The first-order valence-electron chi connectivity index (χ1n) is 22.3. The summed E-state index contributed by atoms with van der Waals surface area (Å²) in [5.41, 5.74) is 0. The average molecular weight is 855 g/mol. The average Bonchev–Trinajstić information content (AvgIpc) is 3.20. The van der Waals surface area contributed by atoms with Crippen molar-refractivity contribution >= 4 is 19.8 Å². The normalized spacial score (nSPS) is 14.7. The lowest BCUT2D eigenvalue weighted by molar-refractivity contribution is -0.870. The third kappa shape index (κ3) is 44.0. The van der Waals surface area contributed by atoms with Crippen LogP contribution in [0.25, 0.3) is 0 Å². The van der Waals surface area contributed by atoms with E-state index in [1.165, 1.54) is 0 Å². The number of carbonyl (C=O) groups excluding carboxylic acids is 2. The summed E-state index contributed by atoms with van der Waals surface area (Å²) in [7, 11) is 1.40. The summed E-state index contributed by atoms with van der Waals surface area (Å²) in [5, 5.41) is 0. The van der Waals surface area contributed by atoms with E-state index in [1.54, 1.807) is 0 Å². The molecule has 0 fully saturated rings. The molecule has 1 unspecified atom stereocenters. The first-order chi connectivity index (χ1) is 29.0. The molecule has 0 spiro atoms. The van der Waals surface area contributed by atoms with E-state index in [-0.39, 0.29) is 26.1 Å². The largest absolute Gasteiger partial charge is 0.472 e. The van der Waals surface area contributed by atoms with E-state index < -0.39 is 32.5 Å². The van der Waals surface area contributed by atoms with Crippen LogP contribution < -0.4 is 0 Å². The summed E-state index contributed by atoms with van der Waals surface area (Å²) in [6.45, 7) is 4.04. The van der Waals surface area contributed by atoms with Crippen LogP contribution in [0, 0.1) is 0 Å². The van der Waals surface area contributed by atoms with Gasteiger partial charge in [0.05, 0.1) is 27.7 Å². The Balaban J connectivity index is 4.55. The Bertz CT molecular complexity index is 1430. The standard InChI is InChI=1S/C50H80NO8P/c1-6-8-10-12-14-16-18-20-22-24-25-27-28-30-32-34-36-38-40-42-49(52)56-46-48(47-58-60(54,55)57-45-44-51(3,4)5)59-50(53)43-41-39-37-35-33-31-29-26-23-21-19-17-15-13-11-9-7-2/h8-11,14-17,20-23,25,27,29-32,36,38,48H,6-7,12-13,18-19,24,26,28,33-35,37,39-47H2,1-5H3/p+1/b10-8-,11-9-,16-14-,17-15-,22-20-,23-21-,27-25-,31-29-,32-30-,38-36-/t48-/m1/s1. The molecular weight excluding hydrogens is 774 g/mol. The topological polar surface area (TPSA) is 108 Å². The number of rotatable bonds is 38. The monoisotopic (exact) mass is 855 g/mol. The highest BCUT2D eigenvalue weighted by Gasteiger charge is 2.27. The van der Waals surface area contributed by atoms with Crippen LogP contribution in [0.15, 0.2) is 122 Å². The van der Waals surface area contributed by atoms with Crippen molar-refractivity contribution in [2.45, 2.75) is 136 Å². The Morgan fingerprint density at radius 3 is 1.38 bits per heavy atom. The lowest BCUT2D eigenvalue weighted by Crippen LogP contribution is -2.37. The summed E-state index contributed by atoms with van der Waals surface area (Å²) in [5.74, 6) is -0.939. The first kappa shape index (κ1) is 56.4. The Morgan fingerprint density at radius 2 is 0.933 bits per heavy atom. The molecule has 0 saturated heterocycles. The van der Waals surface area contributed by atoms with E-state index in [4.69, 9.17) is 18.5 Å². The molecule has 0 aromatic rings. The van der Waals surface area contributed by atoms with Gasteiger partial charge in [-0.3, -0.25) is 18.6 Å². The maximum Gasteiger partial charge on any atom is 0.472 e. The fraction of sp³-hybridized carbons (Fsp3) is 0.560. The molecule has 0 aromatic carbocycles. The van der Waals surface area contributed by atoms with Gasteiger partial charge in [-0.2, -0.15) is 0 Å². The van der Waals surface area contributed by atoms with Gasteiger partial charge in [-0.25, -0.2) is 4.57 Å². The van der Waals surface area contributed by atoms with Crippen molar-refractivity contribution in [1.29, 1.82) is 0 Å². The molecule has 60 heavy (non-hydrogen) atoms. The molecule has 338 valence electrons. The van der Waals surface area contributed by atoms with Crippen molar-refractivity contribution < 1.29 is 42.1 Å². The van der Waals surface area contributed by atoms with Crippen molar-refractivity contribution in [3.8, 4) is 0 Å². The number of hydrogen-bond donors (Lipinski definition) is 1. The Labute approximate surface area is 365 Å². The number of quaternary nitrogens is 1. The summed E-state index contributed by atoms with van der Waals surface area (Å²) < 4.78 is 34.2. The molecule has 0 radical (unpaired) electrons. The number of phosphoric acid groups is 1. The zero-order valence-corrected chi connectivity index (χ0v) is 38.8. The molecule has 0 amide bonds. The van der Waals surface area contributed by atoms with E-state index in [9.17, 15) is 19.0 Å². The molecule has 0 aliphatic carbocycles. The van der Waals surface area contributed by atoms with E-state index >= 15 is 0 Å². The van der Waals surface area contributed by atoms with Gasteiger partial charge in [0.1, 0.15) is 19.8 Å². The van der Waals surface area contributed by atoms with Gasteiger partial charge in [0.2, 0.25) is 0 Å². The Kier molecular flexibility index (Phi) is 38.4. The second-order valence-corrected chi connectivity index (χ2v) is 16.8. The third-order valence-electron chi connectivity index (χ3n) is 8.50. The van der Waals surface area contributed by atoms with E-state index in [0.717, 1.165) is 89.9 Å². The highest BCUT2D eigenvalue weighted by atomic mass is 31.2. The lowest BCUT2D eigenvalue weighted by atomic mass is 10.1. The predicted molar refractivity (Wildman–Crippen MR) is 251 cm³/mol. The minimum atomic E-state index is -4.41. The van der Waals surface area contributed by atoms with Crippen LogP contribution in [-0.4, -0.2) is 74.9 Å². The van der Waals surface area contributed by atoms with Gasteiger partial charge in [-0.05, 0) is 89.9 Å². The number of carbonyl (C=O) groups is 2. The van der Waals surface area contributed by atoms with Crippen molar-refractivity contribution in [3.63, 3.8) is 0 Å². The molecular formula is C50H81NO8P+. The maximum atomic E-state index is 12.7. The molecule has 0 aromatic heterocycles. The second kappa shape index (κ2) is 40.8. The molecule has 0 aliphatic rings. The number of likely N-dealkylation sites (N-methyl/N-ethyl adjacent to an activating group) is 1. The zero-order valence-electron chi connectivity index (χ0n) is 37.9. The number of hydrogen-bond acceptors (Lipinski definition) is 7. The van der Waals surface area contributed by atoms with Crippen molar-refractivity contribution in [2.75, 3.05) is 47.5 Å². The predicted octanol–water partition coefficient (Wildman–Crippen LogP) is 12.9. The minimum absolute atomic E-state index is 0.00754. The maximum absolute atomic E-state index is 12.7. The summed E-state index contributed by atoms with van der Waals surface area (Å²) in [6, 6.07) is 0. The fourth-order valence-corrected chi connectivity index (χ4v) is 5.83. The fourth-order valence-electron chi connectivity index (χ4n) is 5.09. The summed E-state index contributed by atoms with van der Waals surface area (Å²) in [6.07, 6.45) is 56.9. The minimum Gasteiger partial charge on any atom is -0.462 e. The van der Waals surface area contributed by atoms with Gasteiger partial charge in [0, 0.05) is 12.8 Å². The van der Waals surface area contributed by atoms with Crippen LogP contribution in [0.5, 0.6) is 0 Å². The quantitative estimate of drug-likeness (QED) is 0.0215. The molecule has 9 nitrogen and oxygen atoms in total. The molecule has 0 heterocycles. The van der Waals surface area contributed by atoms with Gasteiger partial charge in [0.25, 0.3) is 0 Å². The van der Waals surface area contributed by atoms with Gasteiger partial charge in [0.15, 0.2) is 6.10 Å².